The molecule has 7 heteroatoms. The lowest BCUT2D eigenvalue weighted by Gasteiger charge is -2.13. The van der Waals surface area contributed by atoms with Crippen LogP contribution in [0.5, 0.6) is 5.75 Å². The predicted octanol–water partition coefficient (Wildman–Crippen LogP) is 3.85. The van der Waals surface area contributed by atoms with Crippen LogP contribution in [-0.4, -0.2) is 20.3 Å². The van der Waals surface area contributed by atoms with E-state index in [1.807, 2.05) is 0 Å². The maximum absolute atomic E-state index is 12.5. The van der Waals surface area contributed by atoms with Crippen LogP contribution in [0.25, 0.3) is 6.08 Å². The van der Waals surface area contributed by atoms with E-state index in [0.717, 1.165) is 5.56 Å². The third-order valence-electron chi connectivity index (χ3n) is 2.97. The number of phenols is 1. The Kier molecular flexibility index (Phi) is 4.15. The Balaban J connectivity index is 1.93. The van der Waals surface area contributed by atoms with Gasteiger partial charge in [-0.15, -0.1) is 0 Å². The summed E-state index contributed by atoms with van der Waals surface area (Å²) in [5.74, 6) is -0.200. The van der Waals surface area contributed by atoms with Gasteiger partial charge in [0.1, 0.15) is 5.75 Å². The molecule has 3 rings (SSSR count). The van der Waals surface area contributed by atoms with E-state index in [1.165, 1.54) is 22.7 Å². The number of benzene rings is 1. The van der Waals surface area contributed by atoms with E-state index in [9.17, 15) is 9.90 Å². The second-order valence-corrected chi connectivity index (χ2v) is 6.52. The van der Waals surface area contributed by atoms with Crippen LogP contribution in [0.2, 0.25) is 5.02 Å². The van der Waals surface area contributed by atoms with Crippen LogP contribution in [-0.2, 0) is 4.79 Å². The number of hydrogen-bond acceptors (Lipinski definition) is 5. The van der Waals surface area contributed by atoms with Crippen molar-refractivity contribution in [2.45, 2.75) is 0 Å². The fourth-order valence-corrected chi connectivity index (χ4v) is 3.43. The summed E-state index contributed by atoms with van der Waals surface area (Å²) in [4.78, 5) is 18.5. The third kappa shape index (κ3) is 2.85. The zero-order valence-corrected chi connectivity index (χ0v) is 13.5. The Hall–Kier alpha value is -1.89. The molecule has 2 aromatic rings. The first-order chi connectivity index (χ1) is 10.6. The van der Waals surface area contributed by atoms with Gasteiger partial charge in [-0.25, -0.2) is 0 Å². The number of amides is 1. The van der Waals surface area contributed by atoms with Crippen LogP contribution in [0, 0.1) is 0 Å². The predicted molar refractivity (Wildman–Crippen MR) is 93.0 cm³/mol. The molecule has 1 N–H and O–H groups in total. The molecule has 110 valence electrons. The number of phenolic OH excluding ortho intramolecular Hbond substituents is 1. The Morgan fingerprint density at radius 2 is 2.18 bits per heavy atom. The van der Waals surface area contributed by atoms with Gasteiger partial charge < -0.3 is 5.11 Å². The number of anilines is 1. The first-order valence-corrected chi connectivity index (χ1v) is 7.83. The van der Waals surface area contributed by atoms with Crippen molar-refractivity contribution >= 4 is 57.6 Å². The molecule has 22 heavy (non-hydrogen) atoms. The molecule has 1 saturated heterocycles. The maximum atomic E-state index is 12.5. The highest BCUT2D eigenvalue weighted by Gasteiger charge is 2.33. The molecular formula is C15H9ClN2O2S2. The Morgan fingerprint density at radius 1 is 1.36 bits per heavy atom. The topological polar surface area (TPSA) is 53.4 Å². The van der Waals surface area contributed by atoms with Crippen molar-refractivity contribution in [3.63, 3.8) is 0 Å². The van der Waals surface area contributed by atoms with Crippen molar-refractivity contribution in [2.75, 3.05) is 4.90 Å². The Morgan fingerprint density at radius 3 is 2.86 bits per heavy atom. The second-order valence-electron chi connectivity index (χ2n) is 4.44. The van der Waals surface area contributed by atoms with Gasteiger partial charge >= 0.3 is 0 Å². The molecule has 0 radical (unpaired) electrons. The molecule has 0 aliphatic carbocycles. The summed E-state index contributed by atoms with van der Waals surface area (Å²) in [6.45, 7) is 0. The number of thioether (sulfide) groups is 1. The minimum atomic E-state index is -0.202. The van der Waals surface area contributed by atoms with Gasteiger partial charge in [0.15, 0.2) is 4.32 Å². The number of pyridine rings is 1. The van der Waals surface area contributed by atoms with E-state index in [1.54, 1.807) is 42.7 Å². The van der Waals surface area contributed by atoms with E-state index < -0.39 is 0 Å². The maximum Gasteiger partial charge on any atom is 0.270 e. The quantitative estimate of drug-likeness (QED) is 0.660. The van der Waals surface area contributed by atoms with Crippen LogP contribution in [0.15, 0.2) is 47.6 Å². The summed E-state index contributed by atoms with van der Waals surface area (Å²) < 4.78 is 0.453. The summed E-state index contributed by atoms with van der Waals surface area (Å²) in [7, 11) is 0. The van der Waals surface area contributed by atoms with Gasteiger partial charge in [-0.05, 0) is 35.9 Å². The molecule has 2 heterocycles. The SMILES string of the molecule is O=C1/C(=C\c2ccc(O)c(Cl)c2)SC(=S)N1c1cccnc1. The van der Waals surface area contributed by atoms with Gasteiger partial charge in [0.2, 0.25) is 0 Å². The molecule has 0 unspecified atom stereocenters. The molecule has 1 aromatic heterocycles. The number of carbonyl (C=O) groups excluding carboxylic acids is 1. The Labute approximate surface area is 141 Å². The fourth-order valence-electron chi connectivity index (χ4n) is 1.94. The molecule has 1 fully saturated rings. The molecule has 1 aliphatic heterocycles. The number of halogens is 1. The minimum absolute atomic E-state index is 0.00160. The monoisotopic (exact) mass is 348 g/mol. The molecule has 4 nitrogen and oxygen atoms in total. The first-order valence-electron chi connectivity index (χ1n) is 6.23. The largest absolute Gasteiger partial charge is 0.506 e. The number of aromatic nitrogens is 1. The normalized spacial score (nSPS) is 16.6. The molecule has 1 aromatic carbocycles. The lowest BCUT2D eigenvalue weighted by atomic mass is 10.2. The third-order valence-corrected chi connectivity index (χ3v) is 4.57. The zero-order chi connectivity index (χ0) is 15.7. The number of rotatable bonds is 2. The van der Waals surface area contributed by atoms with Crippen molar-refractivity contribution in [2.24, 2.45) is 0 Å². The second kappa shape index (κ2) is 6.08. The van der Waals surface area contributed by atoms with Gasteiger partial charge in [0, 0.05) is 6.20 Å². The molecule has 0 atom stereocenters. The number of thiocarbonyl (C=S) groups is 1. The van der Waals surface area contributed by atoms with E-state index in [4.69, 9.17) is 23.8 Å². The molecule has 1 aliphatic rings. The lowest BCUT2D eigenvalue weighted by Crippen LogP contribution is -2.27. The van der Waals surface area contributed by atoms with Crippen LogP contribution < -0.4 is 4.90 Å². The van der Waals surface area contributed by atoms with Gasteiger partial charge in [-0.2, -0.15) is 0 Å². The average molecular weight is 349 g/mol. The fraction of sp³-hybridized carbons (Fsp3) is 0. The van der Waals surface area contributed by atoms with Gasteiger partial charge in [-0.1, -0.05) is 41.6 Å². The lowest BCUT2D eigenvalue weighted by molar-refractivity contribution is -0.113. The van der Waals surface area contributed by atoms with Crippen LogP contribution >= 0.6 is 35.6 Å². The zero-order valence-electron chi connectivity index (χ0n) is 11.1. The van der Waals surface area contributed by atoms with Crippen LogP contribution in [0.1, 0.15) is 5.56 Å². The average Bonchev–Trinajstić information content (AvgIpc) is 2.78. The first kappa shape index (κ1) is 15.0. The van der Waals surface area contributed by atoms with E-state index in [-0.39, 0.29) is 16.7 Å². The van der Waals surface area contributed by atoms with Gasteiger partial charge in [-0.3, -0.25) is 14.7 Å². The number of hydrogen-bond donors (Lipinski definition) is 1. The van der Waals surface area contributed by atoms with Crippen molar-refractivity contribution in [3.05, 3.63) is 58.2 Å². The highest BCUT2D eigenvalue weighted by Crippen LogP contribution is 2.36. The van der Waals surface area contributed by atoms with E-state index in [2.05, 4.69) is 4.98 Å². The van der Waals surface area contributed by atoms with Crippen molar-refractivity contribution in [3.8, 4) is 5.75 Å². The van der Waals surface area contributed by atoms with Crippen LogP contribution in [0.4, 0.5) is 5.69 Å². The summed E-state index contributed by atoms with van der Waals surface area (Å²) in [6.07, 6.45) is 4.92. The highest BCUT2D eigenvalue weighted by atomic mass is 35.5. The molecule has 0 bridgehead atoms. The minimum Gasteiger partial charge on any atom is -0.506 e. The van der Waals surface area contributed by atoms with Crippen molar-refractivity contribution in [1.82, 2.24) is 4.98 Å². The number of carbonyl (C=O) groups is 1. The molecule has 0 spiro atoms. The number of nitrogens with zero attached hydrogens (tertiary/aromatic N) is 2. The summed E-state index contributed by atoms with van der Waals surface area (Å²) in [5, 5.41) is 9.66. The smallest absolute Gasteiger partial charge is 0.270 e. The number of aromatic hydroxyl groups is 1. The summed E-state index contributed by atoms with van der Waals surface area (Å²) in [5.41, 5.74) is 1.35. The molecule has 0 saturated carbocycles. The standard InChI is InChI=1S/C15H9ClN2O2S2/c16-11-6-9(3-4-12(11)19)7-13-14(20)18(15(21)22-13)10-2-1-5-17-8-10/h1-8,19H/b13-7+. The van der Waals surface area contributed by atoms with Crippen molar-refractivity contribution < 1.29 is 9.90 Å². The van der Waals surface area contributed by atoms with Crippen LogP contribution in [0.3, 0.4) is 0 Å². The molecular weight excluding hydrogens is 340 g/mol. The molecule has 1 amide bonds. The summed E-state index contributed by atoms with van der Waals surface area (Å²) in [6, 6.07) is 8.27. The van der Waals surface area contributed by atoms with Crippen molar-refractivity contribution in [1.29, 1.82) is 0 Å². The summed E-state index contributed by atoms with van der Waals surface area (Å²) >= 11 is 12.4. The van der Waals surface area contributed by atoms with E-state index in [0.29, 0.717) is 14.9 Å². The Bertz CT molecular complexity index is 793. The highest BCUT2D eigenvalue weighted by molar-refractivity contribution is 8.27. The van der Waals surface area contributed by atoms with Gasteiger partial charge in [0.05, 0.1) is 21.8 Å². The van der Waals surface area contributed by atoms with Gasteiger partial charge in [0.25, 0.3) is 5.91 Å². The van der Waals surface area contributed by atoms with E-state index >= 15 is 0 Å².